The standard InChI is InChI=1S/C24H27F3N4O3/c1-14-18(24(32)33)13-19-17(16-4-6-28-20(12-16)34-3)5-7-31(19)21(14)15(2)29-8-10-30(11-9-29)23(27)22(25)26/h4-7,12-13,15,22-23H,8-11H2,1-3H3,(H,32,33). The first kappa shape index (κ1) is 24.0. The summed E-state index contributed by atoms with van der Waals surface area (Å²) >= 11 is 0. The molecule has 1 aliphatic rings. The first-order valence-electron chi connectivity index (χ1n) is 11.0. The Hall–Kier alpha value is -3.11. The van der Waals surface area contributed by atoms with Gasteiger partial charge in [-0.05, 0) is 43.2 Å². The molecule has 2 unspecified atom stereocenters. The molecule has 0 bridgehead atoms. The molecule has 4 rings (SSSR count). The molecule has 0 spiro atoms. The van der Waals surface area contributed by atoms with Gasteiger partial charge in [-0.15, -0.1) is 0 Å². The lowest BCUT2D eigenvalue weighted by Crippen LogP contribution is -2.51. The molecule has 182 valence electrons. The van der Waals surface area contributed by atoms with Crippen molar-refractivity contribution in [3.05, 3.63) is 53.5 Å². The molecule has 1 N–H and O–H groups in total. The summed E-state index contributed by atoms with van der Waals surface area (Å²) in [6.07, 6.45) is -1.79. The summed E-state index contributed by atoms with van der Waals surface area (Å²) in [5, 5.41) is 9.90. The normalized spacial score (nSPS) is 17.3. The number of piperazine rings is 1. The third-order valence-corrected chi connectivity index (χ3v) is 6.59. The van der Waals surface area contributed by atoms with Crippen molar-refractivity contribution in [2.45, 2.75) is 32.6 Å². The third kappa shape index (κ3) is 4.35. The van der Waals surface area contributed by atoms with Gasteiger partial charge in [-0.25, -0.2) is 22.9 Å². The lowest BCUT2D eigenvalue weighted by Gasteiger charge is -2.39. The van der Waals surface area contributed by atoms with Gasteiger partial charge in [0.1, 0.15) is 0 Å². The second kappa shape index (κ2) is 9.63. The number of rotatable bonds is 7. The number of aromatic nitrogens is 2. The summed E-state index contributed by atoms with van der Waals surface area (Å²) in [5.74, 6) is -0.584. The average molecular weight is 476 g/mol. The summed E-state index contributed by atoms with van der Waals surface area (Å²) in [5.41, 5.74) is 4.00. The summed E-state index contributed by atoms with van der Waals surface area (Å²) in [7, 11) is 1.53. The molecule has 0 saturated carbocycles. The molecule has 0 radical (unpaired) electrons. The van der Waals surface area contributed by atoms with Crippen molar-refractivity contribution in [3.63, 3.8) is 0 Å². The molecule has 7 nitrogen and oxygen atoms in total. The summed E-state index contributed by atoms with van der Waals surface area (Å²) in [6.45, 7) is 4.85. The fourth-order valence-corrected chi connectivity index (χ4v) is 4.74. The number of halogens is 3. The minimum Gasteiger partial charge on any atom is -0.481 e. The van der Waals surface area contributed by atoms with Crippen LogP contribution in [0, 0.1) is 6.92 Å². The molecule has 3 aromatic rings. The fraction of sp³-hybridized carbons (Fsp3) is 0.417. The molecule has 4 heterocycles. The quantitative estimate of drug-likeness (QED) is 0.514. The van der Waals surface area contributed by atoms with E-state index in [0.717, 1.165) is 27.2 Å². The summed E-state index contributed by atoms with van der Waals surface area (Å²) in [6, 6.07) is 6.97. The minimum atomic E-state index is -3.04. The number of carboxylic acid groups (broad SMARTS) is 1. The number of hydrogen-bond acceptors (Lipinski definition) is 5. The lowest BCUT2D eigenvalue weighted by molar-refractivity contribution is -0.0688. The highest BCUT2D eigenvalue weighted by Gasteiger charge is 2.32. The van der Waals surface area contributed by atoms with Crippen molar-refractivity contribution in [3.8, 4) is 17.0 Å². The Morgan fingerprint density at radius 3 is 2.41 bits per heavy atom. The van der Waals surface area contributed by atoms with Crippen LogP contribution in [0.3, 0.4) is 0 Å². The van der Waals surface area contributed by atoms with Crippen molar-refractivity contribution < 1.29 is 27.8 Å². The van der Waals surface area contributed by atoms with Gasteiger partial charge in [0.2, 0.25) is 12.2 Å². The summed E-state index contributed by atoms with van der Waals surface area (Å²) < 4.78 is 46.5. The molecule has 1 aliphatic heterocycles. The number of hydrogen-bond donors (Lipinski definition) is 1. The van der Waals surface area contributed by atoms with Crippen LogP contribution in [0.5, 0.6) is 5.88 Å². The zero-order chi connectivity index (χ0) is 24.6. The van der Waals surface area contributed by atoms with Crippen molar-refractivity contribution in [1.82, 2.24) is 19.2 Å². The Bertz CT molecular complexity index is 1190. The highest BCUT2D eigenvalue weighted by molar-refractivity contribution is 5.94. The molecule has 0 aliphatic carbocycles. The van der Waals surface area contributed by atoms with Crippen molar-refractivity contribution >= 4 is 11.5 Å². The van der Waals surface area contributed by atoms with E-state index in [1.54, 1.807) is 25.3 Å². The Kier molecular flexibility index (Phi) is 6.81. The number of carbonyl (C=O) groups is 1. The van der Waals surface area contributed by atoms with Crippen LogP contribution >= 0.6 is 0 Å². The predicted molar refractivity (Wildman–Crippen MR) is 121 cm³/mol. The molecule has 2 atom stereocenters. The van der Waals surface area contributed by atoms with E-state index in [9.17, 15) is 23.1 Å². The number of pyridine rings is 2. The van der Waals surface area contributed by atoms with Crippen molar-refractivity contribution in [2.75, 3.05) is 33.3 Å². The van der Waals surface area contributed by atoms with Crippen LogP contribution in [0.1, 0.15) is 34.6 Å². The van der Waals surface area contributed by atoms with Crippen LogP contribution in [0.25, 0.3) is 16.6 Å². The van der Waals surface area contributed by atoms with Gasteiger partial charge >= 0.3 is 5.97 Å². The monoisotopic (exact) mass is 476 g/mol. The van der Waals surface area contributed by atoms with Crippen molar-refractivity contribution in [1.29, 1.82) is 0 Å². The molecule has 1 fully saturated rings. The van der Waals surface area contributed by atoms with E-state index in [4.69, 9.17) is 4.74 Å². The van der Waals surface area contributed by atoms with E-state index >= 15 is 0 Å². The Morgan fingerprint density at radius 1 is 1.12 bits per heavy atom. The van der Waals surface area contributed by atoms with Crippen LogP contribution in [0.4, 0.5) is 13.2 Å². The first-order valence-corrected chi connectivity index (χ1v) is 11.0. The number of methoxy groups -OCH3 is 1. The smallest absolute Gasteiger partial charge is 0.336 e. The molecular formula is C24H27F3N4O3. The van der Waals surface area contributed by atoms with Crippen LogP contribution in [-0.4, -0.2) is 76.3 Å². The van der Waals surface area contributed by atoms with Gasteiger partial charge in [0.25, 0.3) is 6.43 Å². The predicted octanol–water partition coefficient (Wildman–Crippen LogP) is 4.26. The van der Waals surface area contributed by atoms with Gasteiger partial charge in [0, 0.05) is 61.9 Å². The Labute approximate surface area is 195 Å². The molecular weight excluding hydrogens is 449 g/mol. The van der Waals surface area contributed by atoms with Crippen LogP contribution in [-0.2, 0) is 0 Å². The Balaban J connectivity index is 1.74. The average Bonchev–Trinajstić information content (AvgIpc) is 3.26. The fourth-order valence-electron chi connectivity index (χ4n) is 4.74. The molecule has 3 aromatic heterocycles. The zero-order valence-corrected chi connectivity index (χ0v) is 19.2. The van der Waals surface area contributed by atoms with E-state index < -0.39 is 18.7 Å². The molecule has 1 saturated heterocycles. The Morgan fingerprint density at radius 2 is 1.79 bits per heavy atom. The highest BCUT2D eigenvalue weighted by atomic mass is 19.3. The number of alkyl halides is 3. The molecule has 34 heavy (non-hydrogen) atoms. The van der Waals surface area contributed by atoms with E-state index in [-0.39, 0.29) is 24.7 Å². The van der Waals surface area contributed by atoms with Gasteiger partial charge in [-0.1, -0.05) is 0 Å². The van der Waals surface area contributed by atoms with E-state index in [1.165, 1.54) is 7.11 Å². The third-order valence-electron chi connectivity index (χ3n) is 6.59. The largest absolute Gasteiger partial charge is 0.481 e. The topological polar surface area (TPSA) is 70.3 Å². The van der Waals surface area contributed by atoms with Gasteiger partial charge in [-0.3, -0.25) is 9.80 Å². The zero-order valence-electron chi connectivity index (χ0n) is 19.2. The molecule has 10 heteroatoms. The molecule has 0 aromatic carbocycles. The lowest BCUT2D eigenvalue weighted by atomic mass is 9.99. The van der Waals surface area contributed by atoms with E-state index in [1.807, 2.05) is 29.7 Å². The van der Waals surface area contributed by atoms with Gasteiger partial charge in [0.05, 0.1) is 18.2 Å². The number of ether oxygens (including phenoxy) is 1. The minimum absolute atomic E-state index is 0.171. The number of nitrogens with zero attached hydrogens (tertiary/aromatic N) is 4. The van der Waals surface area contributed by atoms with Crippen LogP contribution < -0.4 is 4.74 Å². The van der Waals surface area contributed by atoms with Gasteiger partial charge in [0.15, 0.2) is 0 Å². The summed E-state index contributed by atoms with van der Waals surface area (Å²) in [4.78, 5) is 19.4. The van der Waals surface area contributed by atoms with Crippen LogP contribution in [0.15, 0.2) is 36.7 Å². The van der Waals surface area contributed by atoms with E-state index in [2.05, 4.69) is 9.88 Å². The molecule has 0 amide bonds. The highest BCUT2D eigenvalue weighted by Crippen LogP contribution is 2.34. The maximum atomic E-state index is 13.8. The van der Waals surface area contributed by atoms with Crippen LogP contribution in [0.2, 0.25) is 0 Å². The number of fused-ring (bicyclic) bond motifs is 1. The maximum absolute atomic E-state index is 13.8. The SMILES string of the molecule is COc1cc(-c2ccn3c(C(C)N4CCN(C(F)C(F)F)CC4)c(C)c(C(=O)O)cc23)ccn1. The number of carboxylic acids is 1. The maximum Gasteiger partial charge on any atom is 0.336 e. The van der Waals surface area contributed by atoms with Gasteiger partial charge in [-0.2, -0.15) is 0 Å². The second-order valence-electron chi connectivity index (χ2n) is 8.40. The number of aromatic carboxylic acids is 1. The van der Waals surface area contributed by atoms with Crippen molar-refractivity contribution in [2.24, 2.45) is 0 Å². The first-order chi connectivity index (χ1) is 16.2. The van der Waals surface area contributed by atoms with E-state index in [0.29, 0.717) is 24.5 Å². The second-order valence-corrected chi connectivity index (χ2v) is 8.40. The van der Waals surface area contributed by atoms with Gasteiger partial charge < -0.3 is 14.2 Å².